The monoisotopic (exact) mass is 816 g/mol. The third-order valence-electron chi connectivity index (χ3n) is 7.99. The Bertz CT molecular complexity index is 1430. The summed E-state index contributed by atoms with van der Waals surface area (Å²) in [5.74, 6) is 3.31. The summed E-state index contributed by atoms with van der Waals surface area (Å²) in [5.41, 5.74) is 11.3. The molecule has 0 spiro atoms. The summed E-state index contributed by atoms with van der Waals surface area (Å²) in [6.45, 7) is 8.86. The summed E-state index contributed by atoms with van der Waals surface area (Å²) in [4.78, 5) is 0. The summed E-state index contributed by atoms with van der Waals surface area (Å²) < 4.78 is 2.37. The predicted octanol–water partition coefficient (Wildman–Crippen LogP) is 12.6. The van der Waals surface area contributed by atoms with Gasteiger partial charge in [-0.3, -0.25) is 0 Å². The first-order chi connectivity index (χ1) is 20.2. The molecule has 42 heavy (non-hydrogen) atoms. The van der Waals surface area contributed by atoms with Gasteiger partial charge in [-0.05, 0) is 34.4 Å². The fourth-order valence-corrected chi connectivity index (χ4v) is 6.54. The van der Waals surface area contributed by atoms with E-state index in [9.17, 15) is 0 Å². The quantitative estimate of drug-likeness (QED) is 0.142. The van der Waals surface area contributed by atoms with Crippen LogP contribution < -0.4 is 0 Å². The molecular formula is C36H38Br2Cl2SiZr-2. The van der Waals surface area contributed by atoms with Gasteiger partial charge in [0.05, 0.1) is 0 Å². The summed E-state index contributed by atoms with van der Waals surface area (Å²) >= 11 is 5.68. The van der Waals surface area contributed by atoms with Gasteiger partial charge in [-0.1, -0.05) is 141 Å². The van der Waals surface area contributed by atoms with Crippen molar-refractivity contribution in [2.75, 3.05) is 0 Å². The molecule has 4 aromatic carbocycles. The Labute approximate surface area is 285 Å². The van der Waals surface area contributed by atoms with Gasteiger partial charge in [0, 0.05) is 8.95 Å². The van der Waals surface area contributed by atoms with Crippen LogP contribution in [-0.4, -0.2) is 5.43 Å². The maximum absolute atomic E-state index is 5.62. The van der Waals surface area contributed by atoms with Crippen LogP contribution in [0.5, 0.6) is 0 Å². The van der Waals surface area contributed by atoms with E-state index in [-0.39, 0.29) is 5.43 Å². The number of benzene rings is 4. The Balaban J connectivity index is 0.000000162. The minimum absolute atomic E-state index is 0.224. The van der Waals surface area contributed by atoms with Crippen LogP contribution in [0.4, 0.5) is 0 Å². The zero-order chi connectivity index (χ0) is 30.2. The summed E-state index contributed by atoms with van der Waals surface area (Å²) in [5, 5.41) is 0. The van der Waals surface area contributed by atoms with Crippen LogP contribution in [0.1, 0.15) is 48.9 Å². The van der Waals surface area contributed by atoms with Crippen LogP contribution >= 0.6 is 48.9 Å². The van der Waals surface area contributed by atoms with E-state index in [0.29, 0.717) is 0 Å². The maximum atomic E-state index is 5.62. The molecule has 6 heteroatoms. The molecule has 220 valence electrons. The van der Waals surface area contributed by atoms with Gasteiger partial charge in [-0.15, -0.1) is 12.8 Å². The molecule has 4 aromatic rings. The van der Waals surface area contributed by atoms with E-state index in [1.165, 1.54) is 79.1 Å². The van der Waals surface area contributed by atoms with Crippen LogP contribution in [0.15, 0.2) is 93.9 Å². The second-order valence-electron chi connectivity index (χ2n) is 11.0. The van der Waals surface area contributed by atoms with E-state index in [1.807, 2.05) is 0 Å². The van der Waals surface area contributed by atoms with Gasteiger partial charge < -0.3 is 11.8 Å². The molecule has 0 N–H and O–H groups in total. The fraction of sp³-hybridized carbons (Fsp3) is 0.278. The second-order valence-corrected chi connectivity index (χ2v) is 35.7. The number of hydrogen-bond donors (Lipinski definition) is 0. The number of hydrogen-bond acceptors (Lipinski definition) is 0. The van der Waals surface area contributed by atoms with E-state index in [1.54, 1.807) is 11.8 Å². The Hall–Kier alpha value is -0.480. The molecule has 0 unspecified atom stereocenters. The van der Waals surface area contributed by atoms with Crippen LogP contribution in [0, 0.1) is 11.8 Å². The second kappa shape index (κ2) is 16.7. The third kappa shape index (κ3) is 8.82. The first-order valence-corrected chi connectivity index (χ1v) is 28.7. The molecule has 2 aliphatic carbocycles. The van der Waals surface area contributed by atoms with Gasteiger partial charge in [0.15, 0.2) is 0 Å². The van der Waals surface area contributed by atoms with Gasteiger partial charge in [-0.2, -0.15) is 25.7 Å². The molecule has 0 aliphatic heterocycles. The van der Waals surface area contributed by atoms with E-state index >= 15 is 0 Å². The fourth-order valence-electron chi connectivity index (χ4n) is 5.55. The van der Waals surface area contributed by atoms with Crippen LogP contribution in [0.2, 0.25) is 13.1 Å². The zero-order valence-corrected chi connectivity index (χ0v) is 33.0. The molecule has 0 heterocycles. The molecule has 6 rings (SSSR count). The van der Waals surface area contributed by atoms with Crippen molar-refractivity contribution in [3.63, 3.8) is 0 Å². The first kappa shape index (κ1) is 34.4. The average Bonchev–Trinajstić information content (AvgIpc) is 3.62. The Morgan fingerprint density at radius 2 is 0.952 bits per heavy atom. The van der Waals surface area contributed by atoms with Crippen molar-refractivity contribution in [3.05, 3.63) is 128 Å². The number of halogens is 4. The molecule has 2 aliphatic rings. The molecule has 0 nitrogen and oxygen atoms in total. The molecule has 0 aromatic heterocycles. The van der Waals surface area contributed by atoms with Crippen molar-refractivity contribution in [3.8, 4) is 22.3 Å². The zero-order valence-electron chi connectivity index (χ0n) is 24.8. The Morgan fingerprint density at radius 1 is 0.595 bits per heavy atom. The first-order valence-electron chi connectivity index (χ1n) is 14.6. The summed E-state index contributed by atoms with van der Waals surface area (Å²) in [7, 11) is 11.2. The van der Waals surface area contributed by atoms with Crippen LogP contribution in [-0.2, 0) is 43.7 Å². The van der Waals surface area contributed by atoms with Crippen LogP contribution in [0.25, 0.3) is 22.3 Å². The van der Waals surface area contributed by atoms with Crippen LogP contribution in [0.3, 0.4) is 0 Å². The van der Waals surface area contributed by atoms with Gasteiger partial charge in [0.1, 0.15) is 0 Å². The van der Waals surface area contributed by atoms with Crippen molar-refractivity contribution in [1.82, 2.24) is 0 Å². The summed E-state index contributed by atoms with van der Waals surface area (Å²) in [6.07, 6.45) is 7.05. The normalized spacial score (nSPS) is 13.8. The topological polar surface area (TPSA) is 0 Å². The molecular weight excluding hydrogens is 782 g/mol. The van der Waals surface area contributed by atoms with E-state index in [0.717, 1.165) is 12.8 Å². The molecule has 0 saturated carbocycles. The standard InChI is InChI=1S/2C17H16Br.C2H6Si.2ClH.Zr/c2*1-2-12-10-13-6-5-8-14(16(13)11-12)15-7-3-4-9-17(15)18;1-3-2;;;/h2*3-9H,2,10-11H2,1H3;1-2H3;2*1H;/q2*-1;;;;+2/p-2. The minimum atomic E-state index is -1.65. The number of rotatable bonds is 4. The van der Waals surface area contributed by atoms with E-state index < -0.39 is 18.0 Å². The van der Waals surface area contributed by atoms with E-state index in [4.69, 9.17) is 17.0 Å². The Kier molecular flexibility index (Phi) is 13.7. The molecule has 0 saturated heterocycles. The number of fused-ring (bicyclic) bond motifs is 2. The van der Waals surface area contributed by atoms with Gasteiger partial charge >= 0.3 is 53.5 Å². The molecule has 0 amide bonds. The summed E-state index contributed by atoms with van der Waals surface area (Å²) in [6, 6.07) is 30.4. The molecule has 0 fully saturated rings. The molecule has 0 bridgehead atoms. The van der Waals surface area contributed by atoms with Crippen molar-refractivity contribution in [1.29, 1.82) is 0 Å². The van der Waals surface area contributed by atoms with Crippen molar-refractivity contribution >= 4 is 54.3 Å². The van der Waals surface area contributed by atoms with Crippen molar-refractivity contribution in [2.24, 2.45) is 0 Å². The average molecular weight is 821 g/mol. The molecule has 0 atom stereocenters. The van der Waals surface area contributed by atoms with E-state index in [2.05, 4.69) is 144 Å². The SMILES string of the molecule is CC[C-]1Cc2cccc(-c3ccccc3Br)c2C1.CC[C-]1Cc2cccc(-c3ccccc3Br)c2C1.C[Si](C)=[Zr]([Cl])[Cl]. The van der Waals surface area contributed by atoms with Crippen molar-refractivity contribution in [2.45, 2.75) is 65.5 Å². The van der Waals surface area contributed by atoms with Gasteiger partial charge in [-0.25, -0.2) is 0 Å². The third-order valence-corrected chi connectivity index (χ3v) is 29.1. The predicted molar refractivity (Wildman–Crippen MR) is 190 cm³/mol. The Morgan fingerprint density at radius 3 is 1.29 bits per heavy atom. The van der Waals surface area contributed by atoms with Gasteiger partial charge in [0.2, 0.25) is 0 Å². The van der Waals surface area contributed by atoms with Crippen molar-refractivity contribution < 1.29 is 18.0 Å². The van der Waals surface area contributed by atoms with Gasteiger partial charge in [0.25, 0.3) is 0 Å². The molecule has 0 radical (unpaired) electrons.